The summed E-state index contributed by atoms with van der Waals surface area (Å²) in [6.07, 6.45) is 0.892. The average molecular weight is 398 g/mol. The molecule has 0 saturated carbocycles. The molecule has 2 aromatic carbocycles. The van der Waals surface area contributed by atoms with Crippen molar-refractivity contribution in [3.05, 3.63) is 62.5 Å². The fourth-order valence-electron chi connectivity index (χ4n) is 2.23. The third-order valence-corrected chi connectivity index (χ3v) is 4.50. The van der Waals surface area contributed by atoms with Crippen LogP contribution in [0.2, 0.25) is 0 Å². The normalized spacial score (nSPS) is 10.6. The number of hydrogen-bond acceptors (Lipinski definition) is 2. The van der Waals surface area contributed by atoms with E-state index in [-0.39, 0.29) is 0 Å². The van der Waals surface area contributed by atoms with E-state index >= 15 is 0 Å². The van der Waals surface area contributed by atoms with E-state index < -0.39 is 0 Å². The lowest BCUT2D eigenvalue weighted by atomic mass is 10.1. The zero-order chi connectivity index (χ0) is 14.5. The SMILES string of the molecule is CN(Cc1ccccc1Br)c1cc(Br)ccc1CCN. The maximum Gasteiger partial charge on any atom is 0.0437 e. The van der Waals surface area contributed by atoms with Crippen LogP contribution in [0.5, 0.6) is 0 Å². The minimum atomic E-state index is 0.664. The summed E-state index contributed by atoms with van der Waals surface area (Å²) in [4.78, 5) is 2.26. The molecule has 0 unspecified atom stereocenters. The summed E-state index contributed by atoms with van der Waals surface area (Å²) in [5.74, 6) is 0. The van der Waals surface area contributed by atoms with Crippen LogP contribution in [0.15, 0.2) is 51.4 Å². The Morgan fingerprint density at radius 3 is 2.50 bits per heavy atom. The van der Waals surface area contributed by atoms with Crippen LogP contribution in [-0.4, -0.2) is 13.6 Å². The second kappa shape index (κ2) is 7.25. The average Bonchev–Trinajstić information content (AvgIpc) is 2.43. The minimum absolute atomic E-state index is 0.664. The van der Waals surface area contributed by atoms with E-state index in [1.165, 1.54) is 16.8 Å². The van der Waals surface area contributed by atoms with Crippen LogP contribution in [0.3, 0.4) is 0 Å². The Morgan fingerprint density at radius 2 is 1.80 bits per heavy atom. The highest BCUT2D eigenvalue weighted by atomic mass is 79.9. The first kappa shape index (κ1) is 15.5. The van der Waals surface area contributed by atoms with Crippen molar-refractivity contribution in [2.45, 2.75) is 13.0 Å². The summed E-state index contributed by atoms with van der Waals surface area (Å²) in [6.45, 7) is 1.52. The highest BCUT2D eigenvalue weighted by Crippen LogP contribution is 2.27. The third-order valence-electron chi connectivity index (χ3n) is 3.24. The lowest BCUT2D eigenvalue weighted by molar-refractivity contribution is 0.889. The fraction of sp³-hybridized carbons (Fsp3) is 0.250. The van der Waals surface area contributed by atoms with E-state index in [1.54, 1.807) is 0 Å². The third kappa shape index (κ3) is 3.84. The topological polar surface area (TPSA) is 29.3 Å². The molecule has 0 aliphatic heterocycles. The molecule has 2 nitrogen and oxygen atoms in total. The van der Waals surface area contributed by atoms with Gasteiger partial charge in [-0.2, -0.15) is 0 Å². The summed E-state index contributed by atoms with van der Waals surface area (Å²) in [5.41, 5.74) is 9.48. The Morgan fingerprint density at radius 1 is 1.05 bits per heavy atom. The van der Waals surface area contributed by atoms with Crippen LogP contribution >= 0.6 is 31.9 Å². The first-order valence-electron chi connectivity index (χ1n) is 6.55. The van der Waals surface area contributed by atoms with Crippen molar-refractivity contribution >= 4 is 37.5 Å². The zero-order valence-corrected chi connectivity index (χ0v) is 14.6. The Hall–Kier alpha value is -0.840. The van der Waals surface area contributed by atoms with Gasteiger partial charge in [-0.3, -0.25) is 0 Å². The van der Waals surface area contributed by atoms with Crippen LogP contribution in [0.25, 0.3) is 0 Å². The van der Waals surface area contributed by atoms with Crippen LogP contribution < -0.4 is 10.6 Å². The van der Waals surface area contributed by atoms with Gasteiger partial charge in [0.1, 0.15) is 0 Å². The molecular formula is C16H18Br2N2. The van der Waals surface area contributed by atoms with Gasteiger partial charge in [-0.1, -0.05) is 56.1 Å². The molecule has 2 aromatic rings. The number of halogens is 2. The molecule has 0 atom stereocenters. The summed E-state index contributed by atoms with van der Waals surface area (Å²) in [5, 5.41) is 0. The van der Waals surface area contributed by atoms with Crippen LogP contribution in [0, 0.1) is 0 Å². The van der Waals surface area contributed by atoms with Crippen LogP contribution in [0.4, 0.5) is 5.69 Å². The number of nitrogens with zero attached hydrogens (tertiary/aromatic N) is 1. The van der Waals surface area contributed by atoms with E-state index in [4.69, 9.17) is 5.73 Å². The molecule has 106 valence electrons. The van der Waals surface area contributed by atoms with Gasteiger partial charge < -0.3 is 10.6 Å². The van der Waals surface area contributed by atoms with Crippen molar-refractivity contribution in [2.75, 3.05) is 18.5 Å². The van der Waals surface area contributed by atoms with E-state index in [0.717, 1.165) is 21.9 Å². The smallest absolute Gasteiger partial charge is 0.0437 e. The molecule has 0 fully saturated rings. The number of rotatable bonds is 5. The van der Waals surface area contributed by atoms with Crippen molar-refractivity contribution in [3.8, 4) is 0 Å². The molecule has 20 heavy (non-hydrogen) atoms. The maximum absolute atomic E-state index is 5.71. The van der Waals surface area contributed by atoms with Crippen molar-refractivity contribution in [3.63, 3.8) is 0 Å². The molecule has 2 N–H and O–H groups in total. The van der Waals surface area contributed by atoms with E-state index in [0.29, 0.717) is 6.54 Å². The van der Waals surface area contributed by atoms with Gasteiger partial charge in [0, 0.05) is 28.2 Å². The second-order valence-electron chi connectivity index (χ2n) is 4.76. The molecule has 0 spiro atoms. The molecule has 4 heteroatoms. The standard InChI is InChI=1S/C16H18Br2N2/c1-20(11-13-4-2-3-5-15(13)18)16-10-14(17)7-6-12(16)8-9-19/h2-7,10H,8-9,11,19H2,1H3. The predicted molar refractivity (Wildman–Crippen MR) is 93.1 cm³/mol. The predicted octanol–water partition coefficient (Wildman–Crippen LogP) is 4.35. The van der Waals surface area contributed by atoms with Gasteiger partial charge in [-0.15, -0.1) is 0 Å². The number of nitrogens with two attached hydrogens (primary N) is 1. The molecule has 2 rings (SSSR count). The van der Waals surface area contributed by atoms with Gasteiger partial charge >= 0.3 is 0 Å². The van der Waals surface area contributed by atoms with Gasteiger partial charge in [0.2, 0.25) is 0 Å². The Bertz CT molecular complexity index is 584. The van der Waals surface area contributed by atoms with E-state index in [2.05, 4.69) is 80.2 Å². The largest absolute Gasteiger partial charge is 0.370 e. The highest BCUT2D eigenvalue weighted by molar-refractivity contribution is 9.10. The van der Waals surface area contributed by atoms with E-state index in [1.807, 2.05) is 6.07 Å². The van der Waals surface area contributed by atoms with Gasteiger partial charge in [0.25, 0.3) is 0 Å². The van der Waals surface area contributed by atoms with Gasteiger partial charge in [0.15, 0.2) is 0 Å². The second-order valence-corrected chi connectivity index (χ2v) is 6.53. The monoisotopic (exact) mass is 396 g/mol. The summed E-state index contributed by atoms with van der Waals surface area (Å²) >= 11 is 7.15. The molecule has 0 aliphatic carbocycles. The lowest BCUT2D eigenvalue weighted by Gasteiger charge is -2.23. The molecular weight excluding hydrogens is 380 g/mol. The summed E-state index contributed by atoms with van der Waals surface area (Å²) < 4.78 is 2.23. The van der Waals surface area contributed by atoms with Gasteiger partial charge in [-0.25, -0.2) is 0 Å². The molecule has 0 amide bonds. The van der Waals surface area contributed by atoms with Crippen molar-refractivity contribution < 1.29 is 0 Å². The molecule has 0 radical (unpaired) electrons. The Labute approximate surface area is 137 Å². The summed E-state index contributed by atoms with van der Waals surface area (Å²) in [7, 11) is 2.11. The Kier molecular flexibility index (Phi) is 5.64. The summed E-state index contributed by atoms with van der Waals surface area (Å²) in [6, 6.07) is 14.7. The van der Waals surface area contributed by atoms with Crippen LogP contribution in [-0.2, 0) is 13.0 Å². The molecule has 0 aromatic heterocycles. The van der Waals surface area contributed by atoms with Gasteiger partial charge in [0.05, 0.1) is 0 Å². The number of anilines is 1. The quantitative estimate of drug-likeness (QED) is 0.812. The molecule has 0 aliphatic rings. The number of benzene rings is 2. The zero-order valence-electron chi connectivity index (χ0n) is 11.4. The van der Waals surface area contributed by atoms with E-state index in [9.17, 15) is 0 Å². The molecule has 0 heterocycles. The fourth-order valence-corrected chi connectivity index (χ4v) is 2.99. The van der Waals surface area contributed by atoms with Crippen molar-refractivity contribution in [1.29, 1.82) is 0 Å². The van der Waals surface area contributed by atoms with Gasteiger partial charge in [-0.05, 0) is 42.3 Å². The lowest BCUT2D eigenvalue weighted by Crippen LogP contribution is -2.19. The van der Waals surface area contributed by atoms with Crippen molar-refractivity contribution in [1.82, 2.24) is 0 Å². The first-order valence-corrected chi connectivity index (χ1v) is 8.13. The Balaban J connectivity index is 2.26. The minimum Gasteiger partial charge on any atom is -0.370 e. The molecule has 0 bridgehead atoms. The first-order chi connectivity index (χ1) is 9.61. The van der Waals surface area contributed by atoms with Crippen LogP contribution in [0.1, 0.15) is 11.1 Å². The maximum atomic E-state index is 5.71. The highest BCUT2D eigenvalue weighted by Gasteiger charge is 2.10. The van der Waals surface area contributed by atoms with Crippen molar-refractivity contribution in [2.24, 2.45) is 5.73 Å². The number of hydrogen-bond donors (Lipinski definition) is 1. The molecule has 0 saturated heterocycles.